The summed E-state index contributed by atoms with van der Waals surface area (Å²) in [6.07, 6.45) is 15.3. The van der Waals surface area contributed by atoms with Gasteiger partial charge in [0.1, 0.15) is 23.1 Å². The van der Waals surface area contributed by atoms with Crippen LogP contribution in [-0.2, 0) is 19.2 Å². The van der Waals surface area contributed by atoms with Crippen LogP contribution >= 0.6 is 0 Å². The highest BCUT2D eigenvalue weighted by molar-refractivity contribution is 5.83. The van der Waals surface area contributed by atoms with Crippen molar-refractivity contribution < 1.29 is 29.4 Å². The van der Waals surface area contributed by atoms with Crippen LogP contribution in [0.15, 0.2) is 0 Å². The number of hydrogen-bond acceptors (Lipinski definition) is 6. The van der Waals surface area contributed by atoms with Crippen LogP contribution in [0.25, 0.3) is 0 Å². The zero-order valence-electron chi connectivity index (χ0n) is 23.9. The Bertz CT molecular complexity index is 563. The average Bonchev–Trinajstić information content (AvgIpc) is 2.82. The van der Waals surface area contributed by atoms with Crippen molar-refractivity contribution in [2.24, 2.45) is 0 Å². The summed E-state index contributed by atoms with van der Waals surface area (Å²) < 4.78 is 0. The Morgan fingerprint density at radius 2 is 0.622 bits per heavy atom. The van der Waals surface area contributed by atoms with Gasteiger partial charge in [-0.1, -0.05) is 84.5 Å². The molecule has 0 aliphatic heterocycles. The molecule has 0 aliphatic rings. The predicted molar refractivity (Wildman–Crippen MR) is 150 cm³/mol. The van der Waals surface area contributed by atoms with Gasteiger partial charge in [-0.25, -0.2) is 0 Å². The predicted octanol–water partition coefficient (Wildman–Crippen LogP) is 7.00. The first kappa shape index (κ1) is 35.6. The van der Waals surface area contributed by atoms with E-state index >= 15 is 0 Å². The molecule has 0 aliphatic carbocycles. The van der Waals surface area contributed by atoms with Crippen molar-refractivity contribution >= 4 is 23.1 Å². The van der Waals surface area contributed by atoms with Gasteiger partial charge in [0.15, 0.2) is 0 Å². The van der Waals surface area contributed by atoms with Gasteiger partial charge in [0.05, 0.1) is 12.2 Å². The van der Waals surface area contributed by atoms with Crippen LogP contribution in [0.4, 0.5) is 0 Å². The van der Waals surface area contributed by atoms with Crippen LogP contribution in [-0.4, -0.2) is 45.6 Å². The SMILES string of the molecule is CCCCCCCCC(=O)CC(O)CC(=O)CCCCCC(=O)CC(O)CC(=O)CCCCCCCC. The lowest BCUT2D eigenvalue weighted by atomic mass is 9.99. The van der Waals surface area contributed by atoms with Gasteiger partial charge < -0.3 is 10.2 Å². The first-order valence-corrected chi connectivity index (χ1v) is 15.2. The Hall–Kier alpha value is -1.40. The Morgan fingerprint density at radius 1 is 0.405 bits per heavy atom. The third-order valence-electron chi connectivity index (χ3n) is 6.88. The zero-order valence-corrected chi connectivity index (χ0v) is 23.9. The van der Waals surface area contributed by atoms with Gasteiger partial charge in [0.2, 0.25) is 0 Å². The molecule has 0 bridgehead atoms. The van der Waals surface area contributed by atoms with E-state index in [4.69, 9.17) is 0 Å². The topological polar surface area (TPSA) is 109 Å². The molecule has 0 fully saturated rings. The lowest BCUT2D eigenvalue weighted by Crippen LogP contribution is -2.18. The summed E-state index contributed by atoms with van der Waals surface area (Å²) in [5.41, 5.74) is 0. The van der Waals surface area contributed by atoms with E-state index in [1.807, 2.05) is 0 Å². The second kappa shape index (κ2) is 24.9. The van der Waals surface area contributed by atoms with Crippen LogP contribution in [0, 0.1) is 0 Å². The van der Waals surface area contributed by atoms with Crippen molar-refractivity contribution in [3.8, 4) is 0 Å². The Kier molecular flexibility index (Phi) is 24.0. The number of carbonyl (C=O) groups is 4. The highest BCUT2D eigenvalue weighted by Crippen LogP contribution is 2.14. The van der Waals surface area contributed by atoms with Gasteiger partial charge >= 0.3 is 0 Å². The minimum atomic E-state index is -0.896. The van der Waals surface area contributed by atoms with Gasteiger partial charge in [-0.15, -0.1) is 0 Å². The highest BCUT2D eigenvalue weighted by atomic mass is 16.3. The van der Waals surface area contributed by atoms with Crippen molar-refractivity contribution in [3.05, 3.63) is 0 Å². The average molecular weight is 525 g/mol. The molecule has 0 aromatic carbocycles. The molecule has 0 rings (SSSR count). The van der Waals surface area contributed by atoms with Gasteiger partial charge in [0.25, 0.3) is 0 Å². The quantitative estimate of drug-likeness (QED) is 0.107. The van der Waals surface area contributed by atoms with E-state index in [9.17, 15) is 29.4 Å². The number of rotatable bonds is 28. The molecule has 0 radical (unpaired) electrons. The lowest BCUT2D eigenvalue weighted by Gasteiger charge is -2.10. The molecule has 0 aromatic heterocycles. The highest BCUT2D eigenvalue weighted by Gasteiger charge is 2.16. The van der Waals surface area contributed by atoms with Crippen molar-refractivity contribution in [2.75, 3.05) is 0 Å². The minimum Gasteiger partial charge on any atom is -0.392 e. The van der Waals surface area contributed by atoms with Gasteiger partial charge in [0, 0.05) is 51.4 Å². The summed E-state index contributed by atoms with van der Waals surface area (Å²) in [5, 5.41) is 20.1. The minimum absolute atomic E-state index is 0.0140. The van der Waals surface area contributed by atoms with E-state index in [2.05, 4.69) is 13.8 Å². The molecule has 6 heteroatoms. The van der Waals surface area contributed by atoms with E-state index in [-0.39, 0.29) is 48.8 Å². The van der Waals surface area contributed by atoms with Gasteiger partial charge in [-0.3, -0.25) is 19.2 Å². The number of Topliss-reactive ketones (excluding diaryl/α,β-unsaturated/α-hetero) is 4. The molecule has 0 saturated heterocycles. The number of ketones is 4. The fourth-order valence-corrected chi connectivity index (χ4v) is 4.63. The summed E-state index contributed by atoms with van der Waals surface area (Å²) in [5.74, 6) is -0.0443. The van der Waals surface area contributed by atoms with Crippen LogP contribution < -0.4 is 0 Å². The maximum absolute atomic E-state index is 12.1. The second-order valence-corrected chi connectivity index (χ2v) is 10.9. The normalized spacial score (nSPS) is 12.9. The molecule has 2 unspecified atom stereocenters. The number of aliphatic hydroxyl groups is 2. The number of hydrogen-bond donors (Lipinski definition) is 2. The lowest BCUT2D eigenvalue weighted by molar-refractivity contribution is -0.125. The fourth-order valence-electron chi connectivity index (χ4n) is 4.63. The van der Waals surface area contributed by atoms with E-state index in [0.29, 0.717) is 38.5 Å². The molecule has 0 saturated carbocycles. The Labute approximate surface area is 226 Å². The van der Waals surface area contributed by atoms with Gasteiger partial charge in [-0.2, -0.15) is 0 Å². The smallest absolute Gasteiger partial charge is 0.135 e. The largest absolute Gasteiger partial charge is 0.392 e. The van der Waals surface area contributed by atoms with Crippen LogP contribution in [0.5, 0.6) is 0 Å². The van der Waals surface area contributed by atoms with Crippen LogP contribution in [0.1, 0.15) is 162 Å². The van der Waals surface area contributed by atoms with Crippen LogP contribution in [0.2, 0.25) is 0 Å². The van der Waals surface area contributed by atoms with E-state index in [0.717, 1.165) is 44.9 Å². The third-order valence-corrected chi connectivity index (χ3v) is 6.88. The molecule has 37 heavy (non-hydrogen) atoms. The standard InChI is InChI=1S/C31H56O6/c1-3-5-7-9-11-14-18-26(32)22-30(36)24-28(34)20-16-13-17-21-29(35)25-31(37)23-27(33)19-15-12-10-8-6-4-2/h30-31,36-37H,3-25H2,1-2H3. The molecule has 2 N–H and O–H groups in total. The second-order valence-electron chi connectivity index (χ2n) is 10.9. The van der Waals surface area contributed by atoms with Crippen molar-refractivity contribution in [3.63, 3.8) is 0 Å². The fraction of sp³-hybridized carbons (Fsp3) is 0.871. The van der Waals surface area contributed by atoms with Crippen molar-refractivity contribution in [1.82, 2.24) is 0 Å². The summed E-state index contributed by atoms with van der Waals surface area (Å²) in [7, 11) is 0. The molecular weight excluding hydrogens is 468 g/mol. The molecule has 0 spiro atoms. The van der Waals surface area contributed by atoms with Crippen LogP contribution in [0.3, 0.4) is 0 Å². The van der Waals surface area contributed by atoms with Crippen molar-refractivity contribution in [2.45, 2.75) is 174 Å². The Morgan fingerprint density at radius 3 is 0.892 bits per heavy atom. The number of carbonyl (C=O) groups excluding carboxylic acids is 4. The molecule has 0 amide bonds. The third kappa shape index (κ3) is 24.7. The summed E-state index contributed by atoms with van der Waals surface area (Å²) >= 11 is 0. The first-order chi connectivity index (χ1) is 17.8. The molecular formula is C31H56O6. The van der Waals surface area contributed by atoms with Crippen molar-refractivity contribution in [1.29, 1.82) is 0 Å². The molecule has 0 heterocycles. The summed E-state index contributed by atoms with van der Waals surface area (Å²) in [6, 6.07) is 0. The summed E-state index contributed by atoms with van der Waals surface area (Å²) in [4.78, 5) is 48.1. The van der Waals surface area contributed by atoms with Gasteiger partial charge in [-0.05, 0) is 25.7 Å². The van der Waals surface area contributed by atoms with E-state index in [1.165, 1.54) is 38.5 Å². The van der Waals surface area contributed by atoms with E-state index < -0.39 is 12.2 Å². The summed E-state index contributed by atoms with van der Waals surface area (Å²) in [6.45, 7) is 4.34. The molecule has 216 valence electrons. The monoisotopic (exact) mass is 524 g/mol. The Balaban J connectivity index is 3.76. The van der Waals surface area contributed by atoms with E-state index in [1.54, 1.807) is 0 Å². The maximum Gasteiger partial charge on any atom is 0.135 e. The molecule has 6 nitrogen and oxygen atoms in total. The number of aliphatic hydroxyl groups excluding tert-OH is 2. The zero-order chi connectivity index (χ0) is 27.7. The molecule has 0 aromatic rings. The molecule has 2 atom stereocenters. The maximum atomic E-state index is 12.1. The number of unbranched alkanes of at least 4 members (excludes halogenated alkanes) is 12. The first-order valence-electron chi connectivity index (χ1n) is 15.2.